The van der Waals surface area contributed by atoms with Crippen LogP contribution in [-0.2, 0) is 4.74 Å². The molecule has 0 spiro atoms. The highest BCUT2D eigenvalue weighted by molar-refractivity contribution is 5.60. The van der Waals surface area contributed by atoms with Gasteiger partial charge >= 0.3 is 0 Å². The highest BCUT2D eigenvalue weighted by Gasteiger charge is 2.24. The van der Waals surface area contributed by atoms with Crippen LogP contribution < -0.4 is 9.64 Å². The Labute approximate surface area is 121 Å². The summed E-state index contributed by atoms with van der Waals surface area (Å²) in [7, 11) is 1.64. The maximum Gasteiger partial charge on any atom is 0.126 e. The molecule has 1 saturated heterocycles. The van der Waals surface area contributed by atoms with Gasteiger partial charge in [0, 0.05) is 30.9 Å². The molecular weight excluding hydrogens is 254 g/mol. The minimum Gasteiger partial charge on any atom is -0.496 e. The van der Waals surface area contributed by atoms with E-state index in [-0.39, 0.29) is 6.10 Å². The molecule has 20 heavy (non-hydrogen) atoms. The first-order valence-corrected chi connectivity index (χ1v) is 7.38. The van der Waals surface area contributed by atoms with Gasteiger partial charge < -0.3 is 19.5 Å². The molecule has 1 aromatic rings. The molecule has 1 aromatic carbocycles. The fraction of sp³-hybridized carbons (Fsp3) is 0.625. The zero-order valence-corrected chi connectivity index (χ0v) is 12.6. The van der Waals surface area contributed by atoms with Crippen molar-refractivity contribution in [3.8, 4) is 5.75 Å². The lowest BCUT2D eigenvalue weighted by Crippen LogP contribution is -2.40. The van der Waals surface area contributed by atoms with Crippen molar-refractivity contribution < 1.29 is 14.6 Å². The Hall–Kier alpha value is -1.26. The first kappa shape index (κ1) is 15.1. The van der Waals surface area contributed by atoms with Gasteiger partial charge in [-0.25, -0.2) is 0 Å². The second kappa shape index (κ2) is 6.95. The number of aliphatic hydroxyl groups excluding tert-OH is 1. The molecule has 0 radical (unpaired) electrons. The summed E-state index contributed by atoms with van der Waals surface area (Å²) >= 11 is 0. The summed E-state index contributed by atoms with van der Waals surface area (Å²) in [6.07, 6.45) is 1.95. The van der Waals surface area contributed by atoms with E-state index in [0.717, 1.165) is 49.5 Å². The lowest BCUT2D eigenvalue weighted by Gasteiger charge is -2.36. The van der Waals surface area contributed by atoms with Crippen molar-refractivity contribution in [3.63, 3.8) is 0 Å². The summed E-state index contributed by atoms with van der Waals surface area (Å²) < 4.78 is 11.2. The third-order valence-electron chi connectivity index (χ3n) is 3.80. The molecule has 4 nitrogen and oxygen atoms in total. The minimum atomic E-state index is -0.548. The van der Waals surface area contributed by atoms with Crippen LogP contribution in [0.4, 0.5) is 5.69 Å². The lowest BCUT2D eigenvalue weighted by molar-refractivity contribution is 0.0525. The SMILES string of the molecule is CCOC1CCCN(c2cccc(OC)c2[C@H](C)O)C1. The van der Waals surface area contributed by atoms with Gasteiger partial charge in [0.2, 0.25) is 0 Å². The number of anilines is 1. The molecule has 0 bridgehead atoms. The van der Waals surface area contributed by atoms with Crippen molar-refractivity contribution in [3.05, 3.63) is 23.8 Å². The number of ether oxygens (including phenoxy) is 2. The Morgan fingerprint density at radius 2 is 2.25 bits per heavy atom. The van der Waals surface area contributed by atoms with Gasteiger partial charge in [-0.2, -0.15) is 0 Å². The summed E-state index contributed by atoms with van der Waals surface area (Å²) in [6, 6.07) is 5.93. The topological polar surface area (TPSA) is 41.9 Å². The van der Waals surface area contributed by atoms with E-state index in [4.69, 9.17) is 9.47 Å². The zero-order chi connectivity index (χ0) is 14.5. The standard InChI is InChI=1S/C16H25NO3/c1-4-20-13-7-6-10-17(11-13)14-8-5-9-15(19-3)16(14)12(2)18/h5,8-9,12-13,18H,4,6-7,10-11H2,1-3H3/t12-,13?/m0/s1. The number of rotatable bonds is 5. The number of aliphatic hydroxyl groups is 1. The van der Waals surface area contributed by atoms with Gasteiger partial charge in [0.05, 0.1) is 19.3 Å². The van der Waals surface area contributed by atoms with Gasteiger partial charge in [0.25, 0.3) is 0 Å². The van der Waals surface area contributed by atoms with Gasteiger partial charge in [0.15, 0.2) is 0 Å². The van der Waals surface area contributed by atoms with E-state index in [1.807, 2.05) is 19.1 Å². The normalized spacial score (nSPS) is 20.8. The molecule has 112 valence electrons. The number of hydrogen-bond donors (Lipinski definition) is 1. The summed E-state index contributed by atoms with van der Waals surface area (Å²) in [5.74, 6) is 0.746. The summed E-state index contributed by atoms with van der Waals surface area (Å²) in [6.45, 7) is 6.44. The predicted octanol–water partition coefficient (Wildman–Crippen LogP) is 2.75. The number of nitrogens with zero attached hydrogens (tertiary/aromatic N) is 1. The predicted molar refractivity (Wildman–Crippen MR) is 80.5 cm³/mol. The van der Waals surface area contributed by atoms with Crippen LogP contribution >= 0.6 is 0 Å². The molecule has 1 fully saturated rings. The molecule has 4 heteroatoms. The molecule has 1 aliphatic heterocycles. The van der Waals surface area contributed by atoms with Crippen molar-refractivity contribution in [2.45, 2.75) is 38.9 Å². The molecule has 0 aliphatic carbocycles. The van der Waals surface area contributed by atoms with Crippen LogP contribution in [0.5, 0.6) is 5.75 Å². The molecule has 1 unspecified atom stereocenters. The lowest BCUT2D eigenvalue weighted by atomic mass is 10.0. The smallest absolute Gasteiger partial charge is 0.126 e. The van der Waals surface area contributed by atoms with Crippen LogP contribution in [0.2, 0.25) is 0 Å². The molecule has 1 aliphatic rings. The van der Waals surface area contributed by atoms with Gasteiger partial charge in [0.1, 0.15) is 5.75 Å². The van der Waals surface area contributed by atoms with E-state index in [1.54, 1.807) is 14.0 Å². The second-order valence-electron chi connectivity index (χ2n) is 5.23. The first-order valence-electron chi connectivity index (χ1n) is 7.38. The van der Waals surface area contributed by atoms with E-state index in [9.17, 15) is 5.11 Å². The molecular formula is C16H25NO3. The monoisotopic (exact) mass is 279 g/mol. The Balaban J connectivity index is 2.27. The van der Waals surface area contributed by atoms with Crippen molar-refractivity contribution in [1.29, 1.82) is 0 Å². The van der Waals surface area contributed by atoms with E-state index in [0.29, 0.717) is 0 Å². The Kier molecular flexibility index (Phi) is 5.26. The zero-order valence-electron chi connectivity index (χ0n) is 12.6. The van der Waals surface area contributed by atoms with E-state index in [1.165, 1.54) is 0 Å². The molecule has 1 heterocycles. The number of hydrogen-bond acceptors (Lipinski definition) is 4. The highest BCUT2D eigenvalue weighted by atomic mass is 16.5. The minimum absolute atomic E-state index is 0.279. The van der Waals surface area contributed by atoms with Crippen molar-refractivity contribution >= 4 is 5.69 Å². The van der Waals surface area contributed by atoms with Crippen molar-refractivity contribution in [1.82, 2.24) is 0 Å². The molecule has 1 N–H and O–H groups in total. The maximum atomic E-state index is 10.1. The van der Waals surface area contributed by atoms with Crippen LogP contribution in [0.15, 0.2) is 18.2 Å². The third kappa shape index (κ3) is 3.25. The number of piperidine rings is 1. The largest absolute Gasteiger partial charge is 0.496 e. The van der Waals surface area contributed by atoms with E-state index < -0.39 is 6.10 Å². The van der Waals surface area contributed by atoms with E-state index >= 15 is 0 Å². The second-order valence-corrected chi connectivity index (χ2v) is 5.23. The van der Waals surface area contributed by atoms with Crippen molar-refractivity contribution in [2.75, 3.05) is 31.7 Å². The summed E-state index contributed by atoms with van der Waals surface area (Å²) in [5.41, 5.74) is 1.93. The van der Waals surface area contributed by atoms with Gasteiger partial charge in [-0.15, -0.1) is 0 Å². The van der Waals surface area contributed by atoms with Gasteiger partial charge in [-0.05, 0) is 38.8 Å². The molecule has 0 amide bonds. The van der Waals surface area contributed by atoms with Crippen LogP contribution in [0, 0.1) is 0 Å². The Morgan fingerprint density at radius 1 is 1.45 bits per heavy atom. The van der Waals surface area contributed by atoms with Crippen molar-refractivity contribution in [2.24, 2.45) is 0 Å². The summed E-state index contributed by atoms with van der Waals surface area (Å²) in [5, 5.41) is 10.1. The third-order valence-corrected chi connectivity index (χ3v) is 3.80. The maximum absolute atomic E-state index is 10.1. The highest BCUT2D eigenvalue weighted by Crippen LogP contribution is 2.35. The fourth-order valence-electron chi connectivity index (χ4n) is 2.93. The summed E-state index contributed by atoms with van der Waals surface area (Å²) in [4.78, 5) is 2.30. The van der Waals surface area contributed by atoms with Crippen LogP contribution in [0.3, 0.4) is 0 Å². The Bertz CT molecular complexity index is 432. The number of methoxy groups -OCH3 is 1. The van der Waals surface area contributed by atoms with Gasteiger partial charge in [-0.3, -0.25) is 0 Å². The fourth-order valence-corrected chi connectivity index (χ4v) is 2.93. The van der Waals surface area contributed by atoms with Crippen LogP contribution in [0.1, 0.15) is 38.4 Å². The average Bonchev–Trinajstić information content (AvgIpc) is 2.47. The Morgan fingerprint density at radius 3 is 2.90 bits per heavy atom. The molecule has 2 rings (SSSR count). The molecule has 0 saturated carbocycles. The van der Waals surface area contributed by atoms with E-state index in [2.05, 4.69) is 11.0 Å². The molecule has 2 atom stereocenters. The first-order chi connectivity index (χ1) is 9.67. The van der Waals surface area contributed by atoms with Crippen LogP contribution in [0.25, 0.3) is 0 Å². The molecule has 0 aromatic heterocycles. The quantitative estimate of drug-likeness (QED) is 0.900. The van der Waals surface area contributed by atoms with Gasteiger partial charge in [-0.1, -0.05) is 6.07 Å². The average molecular weight is 279 g/mol. The number of benzene rings is 1. The van der Waals surface area contributed by atoms with Crippen LogP contribution in [-0.4, -0.2) is 38.0 Å².